The standard InChI is InChI=1S/C20H25N3O3/c1-15-4-5-16(2)19(12-15)26-14-20(25)22-21-13-17-6-8-18(9-7-17)23(3)10-11-24/h4-9,12-13,24H,10-11,14H2,1-3H3,(H,22,25)/b21-13-. The molecule has 2 N–H and O–H groups in total. The molecule has 2 aromatic rings. The number of benzene rings is 2. The molecule has 0 saturated heterocycles. The largest absolute Gasteiger partial charge is 0.483 e. The molecule has 0 unspecified atom stereocenters. The fourth-order valence-electron chi connectivity index (χ4n) is 2.31. The Morgan fingerprint density at radius 2 is 1.96 bits per heavy atom. The molecule has 0 atom stereocenters. The number of amides is 1. The second-order valence-electron chi connectivity index (χ2n) is 6.09. The van der Waals surface area contributed by atoms with Crippen LogP contribution in [0.4, 0.5) is 5.69 Å². The highest BCUT2D eigenvalue weighted by atomic mass is 16.5. The molecule has 138 valence electrons. The monoisotopic (exact) mass is 355 g/mol. The van der Waals surface area contributed by atoms with Crippen molar-refractivity contribution in [2.45, 2.75) is 13.8 Å². The van der Waals surface area contributed by atoms with E-state index in [1.54, 1.807) is 6.21 Å². The number of aliphatic hydroxyl groups is 1. The molecule has 2 aromatic carbocycles. The normalized spacial score (nSPS) is 10.8. The Labute approximate surface area is 154 Å². The lowest BCUT2D eigenvalue weighted by Crippen LogP contribution is -2.24. The summed E-state index contributed by atoms with van der Waals surface area (Å²) < 4.78 is 5.54. The molecule has 1 amide bonds. The van der Waals surface area contributed by atoms with Crippen molar-refractivity contribution < 1.29 is 14.6 Å². The molecular formula is C20H25N3O3. The van der Waals surface area contributed by atoms with Crippen molar-refractivity contribution in [1.29, 1.82) is 0 Å². The van der Waals surface area contributed by atoms with Crippen LogP contribution >= 0.6 is 0 Å². The number of nitrogens with one attached hydrogen (secondary N) is 1. The van der Waals surface area contributed by atoms with Gasteiger partial charge in [0.05, 0.1) is 12.8 Å². The second kappa shape index (κ2) is 9.58. The molecule has 6 nitrogen and oxygen atoms in total. The molecule has 0 aliphatic rings. The van der Waals surface area contributed by atoms with Gasteiger partial charge in [0.25, 0.3) is 5.91 Å². The van der Waals surface area contributed by atoms with Gasteiger partial charge in [0.1, 0.15) is 5.75 Å². The highest BCUT2D eigenvalue weighted by Crippen LogP contribution is 2.18. The van der Waals surface area contributed by atoms with E-state index in [1.807, 2.05) is 68.3 Å². The zero-order valence-corrected chi connectivity index (χ0v) is 15.4. The molecule has 0 spiro atoms. The number of carbonyl (C=O) groups is 1. The number of ether oxygens (including phenoxy) is 1. The number of hydrogen-bond donors (Lipinski definition) is 2. The van der Waals surface area contributed by atoms with E-state index in [1.165, 1.54) is 0 Å². The Bertz CT molecular complexity index is 757. The van der Waals surface area contributed by atoms with Gasteiger partial charge in [-0.1, -0.05) is 24.3 Å². The smallest absolute Gasteiger partial charge is 0.277 e. The number of hydrazone groups is 1. The molecule has 26 heavy (non-hydrogen) atoms. The van der Waals surface area contributed by atoms with Crippen molar-refractivity contribution in [1.82, 2.24) is 5.43 Å². The third-order valence-corrected chi connectivity index (χ3v) is 3.87. The van der Waals surface area contributed by atoms with Crippen LogP contribution in [-0.4, -0.2) is 44.0 Å². The van der Waals surface area contributed by atoms with Gasteiger partial charge in [0.2, 0.25) is 0 Å². The Hall–Kier alpha value is -2.86. The summed E-state index contributed by atoms with van der Waals surface area (Å²) in [6.45, 7) is 4.50. The molecule has 2 rings (SSSR count). The van der Waals surface area contributed by atoms with E-state index in [0.29, 0.717) is 12.3 Å². The van der Waals surface area contributed by atoms with Gasteiger partial charge in [-0.25, -0.2) is 5.43 Å². The van der Waals surface area contributed by atoms with E-state index in [4.69, 9.17) is 9.84 Å². The van der Waals surface area contributed by atoms with Crippen molar-refractivity contribution in [2.24, 2.45) is 5.10 Å². The zero-order valence-electron chi connectivity index (χ0n) is 15.4. The van der Waals surface area contributed by atoms with Gasteiger partial charge in [-0.05, 0) is 48.7 Å². The fraction of sp³-hybridized carbons (Fsp3) is 0.300. The minimum atomic E-state index is -0.318. The lowest BCUT2D eigenvalue weighted by molar-refractivity contribution is -0.123. The van der Waals surface area contributed by atoms with Crippen molar-refractivity contribution in [3.8, 4) is 5.75 Å². The van der Waals surface area contributed by atoms with E-state index in [-0.39, 0.29) is 19.1 Å². The highest BCUT2D eigenvalue weighted by molar-refractivity contribution is 5.83. The summed E-state index contributed by atoms with van der Waals surface area (Å²) in [5.74, 6) is 0.383. The predicted octanol–water partition coefficient (Wildman–Crippen LogP) is 2.26. The third-order valence-electron chi connectivity index (χ3n) is 3.87. The van der Waals surface area contributed by atoms with E-state index in [2.05, 4.69) is 10.5 Å². The topological polar surface area (TPSA) is 74.2 Å². The zero-order chi connectivity index (χ0) is 18.9. The van der Waals surface area contributed by atoms with E-state index >= 15 is 0 Å². The Morgan fingerprint density at radius 3 is 2.65 bits per heavy atom. The number of likely N-dealkylation sites (N-methyl/N-ethyl adjacent to an activating group) is 1. The van der Waals surface area contributed by atoms with Crippen LogP contribution in [0.15, 0.2) is 47.6 Å². The summed E-state index contributed by atoms with van der Waals surface area (Å²) in [5, 5.41) is 12.9. The summed E-state index contributed by atoms with van der Waals surface area (Å²) >= 11 is 0. The van der Waals surface area contributed by atoms with Gasteiger partial charge in [-0.2, -0.15) is 5.10 Å². The quantitative estimate of drug-likeness (QED) is 0.563. The molecule has 0 saturated carbocycles. The summed E-state index contributed by atoms with van der Waals surface area (Å²) in [5.41, 5.74) is 6.39. The van der Waals surface area contributed by atoms with Crippen molar-refractivity contribution in [3.63, 3.8) is 0 Å². The minimum absolute atomic E-state index is 0.0907. The van der Waals surface area contributed by atoms with Crippen LogP contribution < -0.4 is 15.1 Å². The van der Waals surface area contributed by atoms with E-state index in [9.17, 15) is 4.79 Å². The summed E-state index contributed by atoms with van der Waals surface area (Å²) in [6, 6.07) is 13.5. The molecule has 0 radical (unpaired) electrons. The van der Waals surface area contributed by atoms with Gasteiger partial charge in [0.15, 0.2) is 6.61 Å². The van der Waals surface area contributed by atoms with E-state index in [0.717, 1.165) is 22.4 Å². The maximum absolute atomic E-state index is 11.8. The first-order valence-corrected chi connectivity index (χ1v) is 8.43. The minimum Gasteiger partial charge on any atom is -0.483 e. The molecular weight excluding hydrogens is 330 g/mol. The molecule has 0 aliphatic carbocycles. The van der Waals surface area contributed by atoms with Crippen molar-refractivity contribution in [2.75, 3.05) is 31.7 Å². The molecule has 0 heterocycles. The predicted molar refractivity (Wildman–Crippen MR) is 104 cm³/mol. The average Bonchev–Trinajstić information content (AvgIpc) is 2.63. The first kappa shape index (κ1) is 19.5. The van der Waals surface area contributed by atoms with Gasteiger partial charge >= 0.3 is 0 Å². The maximum atomic E-state index is 11.8. The number of rotatable bonds is 8. The van der Waals surface area contributed by atoms with Gasteiger partial charge in [0, 0.05) is 19.3 Å². The van der Waals surface area contributed by atoms with Crippen LogP contribution in [0.25, 0.3) is 0 Å². The summed E-state index contributed by atoms with van der Waals surface area (Å²) in [6.07, 6.45) is 1.58. The number of nitrogens with zero attached hydrogens (tertiary/aromatic N) is 2. The van der Waals surface area contributed by atoms with Gasteiger partial charge in [-0.15, -0.1) is 0 Å². The summed E-state index contributed by atoms with van der Waals surface area (Å²) in [4.78, 5) is 13.8. The van der Waals surface area contributed by atoms with Crippen LogP contribution in [0.2, 0.25) is 0 Å². The first-order valence-electron chi connectivity index (χ1n) is 8.43. The second-order valence-corrected chi connectivity index (χ2v) is 6.09. The molecule has 0 fully saturated rings. The average molecular weight is 355 g/mol. The molecule has 0 aromatic heterocycles. The Morgan fingerprint density at radius 1 is 1.23 bits per heavy atom. The maximum Gasteiger partial charge on any atom is 0.277 e. The molecule has 6 heteroatoms. The van der Waals surface area contributed by atoms with Gasteiger partial charge in [-0.3, -0.25) is 4.79 Å². The van der Waals surface area contributed by atoms with E-state index < -0.39 is 0 Å². The lowest BCUT2D eigenvalue weighted by Gasteiger charge is -2.17. The SMILES string of the molecule is Cc1ccc(C)c(OCC(=O)N/N=C\c2ccc(N(C)CCO)cc2)c1. The van der Waals surface area contributed by atoms with Crippen LogP contribution in [0.5, 0.6) is 5.75 Å². The van der Waals surface area contributed by atoms with Crippen molar-refractivity contribution >= 4 is 17.8 Å². The van der Waals surface area contributed by atoms with Crippen LogP contribution in [-0.2, 0) is 4.79 Å². The number of hydrogen-bond acceptors (Lipinski definition) is 5. The molecule has 0 bridgehead atoms. The Balaban J connectivity index is 1.82. The number of anilines is 1. The highest BCUT2D eigenvalue weighted by Gasteiger charge is 2.04. The summed E-state index contributed by atoms with van der Waals surface area (Å²) in [7, 11) is 1.91. The van der Waals surface area contributed by atoms with Crippen LogP contribution in [0.1, 0.15) is 16.7 Å². The number of aryl methyl sites for hydroxylation is 2. The number of carbonyl (C=O) groups excluding carboxylic acids is 1. The first-order chi connectivity index (χ1) is 12.5. The van der Waals surface area contributed by atoms with Gasteiger partial charge < -0.3 is 14.7 Å². The lowest BCUT2D eigenvalue weighted by atomic mass is 10.1. The Kier molecular flexibility index (Phi) is 7.17. The van der Waals surface area contributed by atoms with Crippen LogP contribution in [0, 0.1) is 13.8 Å². The third kappa shape index (κ3) is 5.89. The fourth-order valence-corrected chi connectivity index (χ4v) is 2.31. The number of aliphatic hydroxyl groups excluding tert-OH is 1. The van der Waals surface area contributed by atoms with Crippen molar-refractivity contribution in [3.05, 3.63) is 59.2 Å². The van der Waals surface area contributed by atoms with Crippen LogP contribution in [0.3, 0.4) is 0 Å². The molecule has 0 aliphatic heterocycles.